The van der Waals surface area contributed by atoms with E-state index in [1.54, 1.807) is 0 Å². The van der Waals surface area contributed by atoms with Gasteiger partial charge in [0.15, 0.2) is 11.6 Å². The Labute approximate surface area is 157 Å². The third kappa shape index (κ3) is 2.02. The largest absolute Gasteiger partial charge is 0.389 e. The monoisotopic (exact) mass is 376 g/mol. The second-order valence-corrected chi connectivity index (χ2v) is 11.3. The lowest BCUT2D eigenvalue weighted by Crippen LogP contribution is -2.53. The van der Waals surface area contributed by atoms with E-state index in [2.05, 4.69) is 6.92 Å². The molecule has 1 N–H and O–H groups in total. The molecule has 4 fully saturated rings. The highest BCUT2D eigenvalue weighted by Crippen LogP contribution is 2.69. The van der Waals surface area contributed by atoms with E-state index in [9.17, 15) is 18.9 Å². The van der Waals surface area contributed by atoms with Gasteiger partial charge in [0.2, 0.25) is 0 Å². The number of aliphatic hydroxyl groups is 1. The first-order chi connectivity index (χ1) is 12.4. The fourth-order valence-electron chi connectivity index (χ4n) is 7.87. The summed E-state index contributed by atoms with van der Waals surface area (Å²) in [6.07, 6.45) is 8.31. The Bertz CT molecular complexity index is 742. The van der Waals surface area contributed by atoms with Gasteiger partial charge < -0.3 is 5.11 Å². The summed E-state index contributed by atoms with van der Waals surface area (Å²) >= 11 is 0. The van der Waals surface area contributed by atoms with Crippen LogP contribution >= 0.6 is 0 Å². The standard InChI is InChI=1S/C21H28O4S/c1-20-6-5-15-13(14(20)2-3-16(20)18(24)10-22)9-19-17-8-12(23)4-7-21(15,17)11-26(19)25/h8,13-16,19,22H,2-7,9-11H2,1H3/t13?,14?,15?,16?,19-,20-,21-,26?/m0/s1. The van der Waals surface area contributed by atoms with E-state index in [1.165, 1.54) is 5.57 Å². The molecule has 3 saturated carbocycles. The Balaban J connectivity index is 1.54. The number of hydrogen-bond acceptors (Lipinski definition) is 4. The van der Waals surface area contributed by atoms with Crippen LogP contribution in [0.5, 0.6) is 0 Å². The van der Waals surface area contributed by atoms with Crippen LogP contribution in [0.25, 0.3) is 0 Å². The number of Topliss-reactive ketones (excluding diaryl/α,β-unsaturated/α-hetero) is 1. The maximum Gasteiger partial charge on any atom is 0.161 e. The molecule has 4 aliphatic carbocycles. The zero-order valence-electron chi connectivity index (χ0n) is 15.4. The van der Waals surface area contributed by atoms with Gasteiger partial charge in [-0.3, -0.25) is 13.8 Å². The smallest absolute Gasteiger partial charge is 0.161 e. The molecule has 8 atom stereocenters. The zero-order chi connectivity index (χ0) is 18.3. The molecule has 142 valence electrons. The molecule has 26 heavy (non-hydrogen) atoms. The molecule has 0 aromatic carbocycles. The topological polar surface area (TPSA) is 71.4 Å². The summed E-state index contributed by atoms with van der Waals surface area (Å²) < 4.78 is 12.9. The SMILES string of the molecule is C[C@]12CCC3C(C[C@H]4C5=CC(=O)CC[C@@]53CS4=O)C1CCC2C(=O)CO. The fraction of sp³-hybridized carbons (Fsp3) is 0.810. The van der Waals surface area contributed by atoms with Gasteiger partial charge in [0.05, 0.1) is 5.25 Å². The van der Waals surface area contributed by atoms with Crippen LogP contribution in [0.1, 0.15) is 51.9 Å². The van der Waals surface area contributed by atoms with E-state index in [4.69, 9.17) is 0 Å². The Morgan fingerprint density at radius 3 is 2.85 bits per heavy atom. The van der Waals surface area contributed by atoms with Crippen LogP contribution in [0.4, 0.5) is 0 Å². The van der Waals surface area contributed by atoms with Crippen LogP contribution in [0.15, 0.2) is 11.6 Å². The average molecular weight is 377 g/mol. The van der Waals surface area contributed by atoms with Gasteiger partial charge in [-0.2, -0.15) is 0 Å². The van der Waals surface area contributed by atoms with Gasteiger partial charge in [-0.1, -0.05) is 6.92 Å². The first-order valence-electron chi connectivity index (χ1n) is 10.2. The maximum absolute atomic E-state index is 12.9. The molecular weight excluding hydrogens is 348 g/mol. The predicted molar refractivity (Wildman–Crippen MR) is 98.8 cm³/mol. The van der Waals surface area contributed by atoms with Crippen molar-refractivity contribution < 1.29 is 18.9 Å². The van der Waals surface area contributed by atoms with E-state index in [-0.39, 0.29) is 40.2 Å². The van der Waals surface area contributed by atoms with Crippen molar-refractivity contribution in [3.8, 4) is 0 Å². The predicted octanol–water partition coefficient (Wildman–Crippen LogP) is 2.42. The normalized spacial score (nSPS) is 52.1. The van der Waals surface area contributed by atoms with E-state index in [0.29, 0.717) is 24.2 Å². The Morgan fingerprint density at radius 1 is 1.27 bits per heavy atom. The Kier molecular flexibility index (Phi) is 3.73. The first-order valence-corrected chi connectivity index (χ1v) is 11.5. The molecule has 0 aromatic rings. The summed E-state index contributed by atoms with van der Waals surface area (Å²) in [7, 11) is -0.857. The van der Waals surface area contributed by atoms with Crippen LogP contribution < -0.4 is 0 Å². The van der Waals surface area contributed by atoms with Gasteiger partial charge in [-0.25, -0.2) is 0 Å². The number of aliphatic hydroxyl groups excluding tert-OH is 1. The molecule has 4 nitrogen and oxygen atoms in total. The minimum absolute atomic E-state index is 0.00718. The Hall–Kier alpha value is -0.810. The summed E-state index contributed by atoms with van der Waals surface area (Å²) in [5, 5.41) is 9.48. The number of carbonyl (C=O) groups is 2. The van der Waals surface area contributed by atoms with Gasteiger partial charge >= 0.3 is 0 Å². The molecule has 5 aliphatic rings. The minimum Gasteiger partial charge on any atom is -0.389 e. The van der Waals surface area contributed by atoms with Crippen LogP contribution in [0.2, 0.25) is 0 Å². The molecule has 0 aromatic heterocycles. The van der Waals surface area contributed by atoms with Crippen LogP contribution in [-0.4, -0.2) is 38.5 Å². The summed E-state index contributed by atoms with van der Waals surface area (Å²) in [4.78, 5) is 24.4. The molecule has 1 aliphatic heterocycles. The highest BCUT2D eigenvalue weighted by Gasteiger charge is 2.66. The van der Waals surface area contributed by atoms with E-state index < -0.39 is 10.8 Å². The van der Waals surface area contributed by atoms with Crippen molar-refractivity contribution >= 4 is 22.4 Å². The van der Waals surface area contributed by atoms with Crippen molar-refractivity contribution in [2.45, 2.75) is 57.1 Å². The molecular formula is C21H28O4S. The molecule has 0 spiro atoms. The first kappa shape index (κ1) is 17.3. The molecule has 1 saturated heterocycles. The van der Waals surface area contributed by atoms with Crippen LogP contribution in [-0.2, 0) is 20.4 Å². The summed E-state index contributed by atoms with van der Waals surface area (Å²) in [6, 6.07) is 0. The average Bonchev–Trinajstić information content (AvgIpc) is 3.06. The number of carbonyl (C=O) groups excluding carboxylic acids is 2. The molecule has 0 radical (unpaired) electrons. The van der Waals surface area contributed by atoms with Gasteiger partial charge in [0.25, 0.3) is 0 Å². The van der Waals surface area contributed by atoms with Crippen LogP contribution in [0.3, 0.4) is 0 Å². The third-order valence-electron chi connectivity index (χ3n) is 8.95. The summed E-state index contributed by atoms with van der Waals surface area (Å²) in [5.74, 6) is 2.50. The van der Waals surface area contributed by atoms with Gasteiger partial charge in [-0.05, 0) is 73.3 Å². The highest BCUT2D eigenvalue weighted by atomic mass is 32.2. The van der Waals surface area contributed by atoms with Gasteiger partial charge in [0.1, 0.15) is 6.61 Å². The fourth-order valence-corrected chi connectivity index (χ4v) is 10.1. The lowest BCUT2D eigenvalue weighted by Gasteiger charge is -2.57. The van der Waals surface area contributed by atoms with Gasteiger partial charge in [-0.15, -0.1) is 0 Å². The molecule has 1 heterocycles. The van der Waals surface area contributed by atoms with Crippen molar-refractivity contribution in [1.82, 2.24) is 0 Å². The molecule has 5 unspecified atom stereocenters. The van der Waals surface area contributed by atoms with E-state index >= 15 is 0 Å². The lowest BCUT2D eigenvalue weighted by atomic mass is 9.46. The van der Waals surface area contributed by atoms with Crippen molar-refractivity contribution in [3.05, 3.63) is 11.6 Å². The molecule has 5 heteroatoms. The van der Waals surface area contributed by atoms with Crippen molar-refractivity contribution in [3.63, 3.8) is 0 Å². The van der Waals surface area contributed by atoms with Crippen LogP contribution in [0, 0.1) is 34.5 Å². The number of hydrogen-bond donors (Lipinski definition) is 1. The third-order valence-corrected chi connectivity index (χ3v) is 10.8. The zero-order valence-corrected chi connectivity index (χ0v) is 16.2. The number of fused-ring (bicyclic) bond motifs is 3. The second kappa shape index (κ2) is 5.60. The molecule has 2 bridgehead atoms. The summed E-state index contributed by atoms with van der Waals surface area (Å²) in [6.45, 7) is 1.93. The Morgan fingerprint density at radius 2 is 2.08 bits per heavy atom. The second-order valence-electron chi connectivity index (χ2n) is 9.65. The van der Waals surface area contributed by atoms with Crippen molar-refractivity contribution in [2.75, 3.05) is 12.4 Å². The summed E-state index contributed by atoms with van der Waals surface area (Å²) in [5.41, 5.74) is 1.20. The highest BCUT2D eigenvalue weighted by molar-refractivity contribution is 7.86. The molecule has 5 rings (SSSR count). The van der Waals surface area contributed by atoms with Crippen molar-refractivity contribution in [1.29, 1.82) is 0 Å². The van der Waals surface area contributed by atoms with E-state index in [1.807, 2.05) is 6.08 Å². The maximum atomic E-state index is 12.9. The van der Waals surface area contributed by atoms with Gasteiger partial charge in [0, 0.05) is 34.3 Å². The minimum atomic E-state index is -0.857. The number of rotatable bonds is 2. The van der Waals surface area contributed by atoms with E-state index in [0.717, 1.165) is 44.3 Å². The number of ketones is 2. The lowest BCUT2D eigenvalue weighted by molar-refractivity contribution is -0.132. The molecule has 0 amide bonds. The quantitative estimate of drug-likeness (QED) is 0.803. The van der Waals surface area contributed by atoms with Crippen molar-refractivity contribution in [2.24, 2.45) is 34.5 Å².